The lowest BCUT2D eigenvalue weighted by atomic mass is 10.1. The molecule has 1 aliphatic carbocycles. The van der Waals surface area contributed by atoms with Crippen LogP contribution in [-0.4, -0.2) is 28.1 Å². The molecule has 1 N–H and O–H groups in total. The first-order valence-corrected chi connectivity index (χ1v) is 13.2. The van der Waals surface area contributed by atoms with Gasteiger partial charge in [-0.3, -0.25) is 4.79 Å². The molecule has 2 heterocycles. The van der Waals surface area contributed by atoms with Crippen molar-refractivity contribution < 1.29 is 12.9 Å². The van der Waals surface area contributed by atoms with Crippen molar-refractivity contribution >= 4 is 21.1 Å². The Kier molecular flexibility index (Phi) is 6.02. The summed E-state index contributed by atoms with van der Waals surface area (Å²) >= 11 is 0. The topological polar surface area (TPSA) is 120 Å². The molecule has 0 spiro atoms. The summed E-state index contributed by atoms with van der Waals surface area (Å²) in [5, 5.41) is 4.05. The Morgan fingerprint density at radius 2 is 1.77 bits per heavy atom. The van der Waals surface area contributed by atoms with E-state index >= 15 is 0 Å². The van der Waals surface area contributed by atoms with Crippen LogP contribution in [0.15, 0.2) is 56.7 Å². The highest BCUT2D eigenvalue weighted by molar-refractivity contribution is 7.89. The highest BCUT2D eigenvalue weighted by Crippen LogP contribution is 2.31. The maximum atomic E-state index is 12.8. The molecule has 2 aromatic heterocycles. The fraction of sp³-hybridized carbons (Fsp3) is 0.360. The Morgan fingerprint density at radius 3 is 2.49 bits per heavy atom. The van der Waals surface area contributed by atoms with Gasteiger partial charge in [0.15, 0.2) is 0 Å². The van der Waals surface area contributed by atoms with Gasteiger partial charge in [-0.05, 0) is 63.9 Å². The van der Waals surface area contributed by atoms with Crippen LogP contribution in [0.5, 0.6) is 0 Å². The zero-order valence-corrected chi connectivity index (χ0v) is 20.7. The average Bonchev–Trinajstić information content (AvgIpc) is 3.52. The van der Waals surface area contributed by atoms with Gasteiger partial charge >= 0.3 is 0 Å². The number of nitrogens with one attached hydrogen (secondary N) is 1. The largest absolute Gasteiger partial charge is 0.337 e. The molecule has 2 aromatic carbocycles. The third-order valence-electron chi connectivity index (χ3n) is 6.47. The van der Waals surface area contributed by atoms with Gasteiger partial charge in [-0.15, -0.1) is 0 Å². The predicted octanol–water partition coefficient (Wildman–Crippen LogP) is 4.22. The molecule has 182 valence electrons. The minimum Gasteiger partial charge on any atom is -0.337 e. The third-order valence-corrected chi connectivity index (χ3v) is 8.03. The van der Waals surface area contributed by atoms with E-state index in [0.29, 0.717) is 22.6 Å². The number of fused-ring (bicyclic) bond motifs is 1. The number of sulfonamides is 1. The van der Waals surface area contributed by atoms with Gasteiger partial charge in [0.05, 0.1) is 22.0 Å². The zero-order chi connectivity index (χ0) is 24.7. The summed E-state index contributed by atoms with van der Waals surface area (Å²) in [5.74, 6) is 0.470. The van der Waals surface area contributed by atoms with Crippen LogP contribution in [0.2, 0.25) is 0 Å². The Morgan fingerprint density at radius 1 is 1.06 bits per heavy atom. The van der Waals surface area contributed by atoms with Crippen molar-refractivity contribution in [1.29, 1.82) is 0 Å². The van der Waals surface area contributed by atoms with Crippen molar-refractivity contribution in [3.05, 3.63) is 70.0 Å². The van der Waals surface area contributed by atoms with E-state index in [1.165, 1.54) is 0 Å². The first kappa shape index (κ1) is 23.4. The molecule has 0 bridgehead atoms. The average molecular weight is 494 g/mol. The lowest BCUT2D eigenvalue weighted by Gasteiger charge is -2.17. The van der Waals surface area contributed by atoms with E-state index in [1.54, 1.807) is 38.1 Å². The third kappa shape index (κ3) is 4.51. The van der Waals surface area contributed by atoms with Crippen molar-refractivity contribution in [3.63, 3.8) is 0 Å². The monoisotopic (exact) mass is 493 g/mol. The molecule has 1 saturated carbocycles. The highest BCUT2D eigenvalue weighted by Gasteiger charge is 2.24. The van der Waals surface area contributed by atoms with Crippen molar-refractivity contribution in [3.8, 4) is 11.4 Å². The molecule has 1 aliphatic rings. The molecule has 4 aromatic rings. The molecule has 0 amide bonds. The molecule has 5 rings (SSSR count). The van der Waals surface area contributed by atoms with E-state index in [9.17, 15) is 13.2 Å². The van der Waals surface area contributed by atoms with E-state index in [4.69, 9.17) is 4.52 Å². The molecule has 0 saturated heterocycles. The first-order valence-electron chi connectivity index (χ1n) is 11.7. The SMILES string of the molecule is Cc1ccc(S(=O)(=O)N[C@@H](C)c2nc(-c3ccc4c(c3)nc(C)c(=O)n4C3CCCC3)no2)cc1. The molecule has 9 nitrogen and oxygen atoms in total. The van der Waals surface area contributed by atoms with Gasteiger partial charge in [-0.25, -0.2) is 13.4 Å². The lowest BCUT2D eigenvalue weighted by Crippen LogP contribution is -2.27. The van der Waals surface area contributed by atoms with E-state index in [2.05, 4.69) is 19.8 Å². The fourth-order valence-corrected chi connectivity index (χ4v) is 5.79. The second kappa shape index (κ2) is 9.01. The molecular weight excluding hydrogens is 466 g/mol. The van der Waals surface area contributed by atoms with Crippen LogP contribution in [0, 0.1) is 13.8 Å². The molecule has 0 aliphatic heterocycles. The van der Waals surface area contributed by atoms with Gasteiger partial charge in [0, 0.05) is 11.6 Å². The van der Waals surface area contributed by atoms with Gasteiger partial charge in [0.1, 0.15) is 5.69 Å². The van der Waals surface area contributed by atoms with Crippen LogP contribution in [0.3, 0.4) is 0 Å². The second-order valence-electron chi connectivity index (χ2n) is 9.13. The van der Waals surface area contributed by atoms with Crippen molar-refractivity contribution in [1.82, 2.24) is 24.4 Å². The Labute approximate surface area is 203 Å². The van der Waals surface area contributed by atoms with Gasteiger partial charge < -0.3 is 9.09 Å². The Balaban J connectivity index is 1.43. The quantitative estimate of drug-likeness (QED) is 0.427. The number of aryl methyl sites for hydroxylation is 2. The van der Waals surface area contributed by atoms with Crippen LogP contribution in [0.1, 0.15) is 61.8 Å². The maximum absolute atomic E-state index is 12.8. The fourth-order valence-electron chi connectivity index (χ4n) is 4.59. The van der Waals surface area contributed by atoms with E-state index in [0.717, 1.165) is 36.8 Å². The number of hydrogen-bond donors (Lipinski definition) is 1. The number of aromatic nitrogens is 4. The van der Waals surface area contributed by atoms with E-state index in [-0.39, 0.29) is 22.4 Å². The van der Waals surface area contributed by atoms with Crippen LogP contribution < -0.4 is 10.3 Å². The smallest absolute Gasteiger partial charge is 0.272 e. The summed E-state index contributed by atoms with van der Waals surface area (Å²) in [6, 6.07) is 11.6. The highest BCUT2D eigenvalue weighted by atomic mass is 32.2. The summed E-state index contributed by atoms with van der Waals surface area (Å²) < 4.78 is 35.3. The lowest BCUT2D eigenvalue weighted by molar-refractivity contribution is 0.354. The van der Waals surface area contributed by atoms with Crippen molar-refractivity contribution in [2.24, 2.45) is 0 Å². The van der Waals surface area contributed by atoms with E-state index < -0.39 is 16.1 Å². The Bertz CT molecular complexity index is 1550. The summed E-state index contributed by atoms with van der Waals surface area (Å²) in [6.45, 7) is 5.27. The van der Waals surface area contributed by atoms with Gasteiger partial charge in [-0.2, -0.15) is 9.71 Å². The second-order valence-corrected chi connectivity index (χ2v) is 10.8. The molecule has 10 heteroatoms. The normalized spacial score (nSPS) is 15.6. The molecule has 1 atom stereocenters. The van der Waals surface area contributed by atoms with Gasteiger partial charge in [0.2, 0.25) is 21.7 Å². The van der Waals surface area contributed by atoms with Crippen molar-refractivity contribution in [2.45, 2.75) is 63.4 Å². The van der Waals surface area contributed by atoms with Gasteiger partial charge in [0.25, 0.3) is 5.56 Å². The summed E-state index contributed by atoms with van der Waals surface area (Å²) in [6.07, 6.45) is 4.22. The number of benzene rings is 2. The minimum absolute atomic E-state index is 0.0475. The Hall–Kier alpha value is -3.37. The molecule has 1 fully saturated rings. The predicted molar refractivity (Wildman–Crippen MR) is 131 cm³/mol. The standard InChI is InChI=1S/C25H27N5O4S/c1-15-8-11-20(12-9-15)35(32,33)29-16(2)24-27-23(28-34-24)18-10-13-22-21(14-18)26-17(3)25(31)30(22)19-6-4-5-7-19/h8-14,16,19,29H,4-7H2,1-3H3/t16-/m0/s1. The van der Waals surface area contributed by atoms with Gasteiger partial charge in [-0.1, -0.05) is 35.7 Å². The summed E-state index contributed by atoms with van der Waals surface area (Å²) in [5.41, 5.74) is 3.52. The first-order chi connectivity index (χ1) is 16.7. The van der Waals surface area contributed by atoms with Crippen LogP contribution in [0.4, 0.5) is 0 Å². The number of hydrogen-bond acceptors (Lipinski definition) is 7. The minimum atomic E-state index is -3.75. The van der Waals surface area contributed by atoms with Crippen LogP contribution >= 0.6 is 0 Å². The zero-order valence-electron chi connectivity index (χ0n) is 19.9. The molecule has 0 unspecified atom stereocenters. The summed E-state index contributed by atoms with van der Waals surface area (Å²) in [4.78, 5) is 21.9. The maximum Gasteiger partial charge on any atom is 0.272 e. The van der Waals surface area contributed by atoms with Crippen LogP contribution in [-0.2, 0) is 10.0 Å². The van der Waals surface area contributed by atoms with Crippen molar-refractivity contribution in [2.75, 3.05) is 0 Å². The molecular formula is C25H27N5O4S. The van der Waals surface area contributed by atoms with Crippen LogP contribution in [0.25, 0.3) is 22.4 Å². The van der Waals surface area contributed by atoms with E-state index in [1.807, 2.05) is 29.7 Å². The molecule has 0 radical (unpaired) electrons. The molecule has 35 heavy (non-hydrogen) atoms. The number of rotatable bonds is 6. The summed E-state index contributed by atoms with van der Waals surface area (Å²) in [7, 11) is -3.75. The number of nitrogens with zero attached hydrogens (tertiary/aromatic N) is 4.